The highest BCUT2D eigenvalue weighted by molar-refractivity contribution is 8.26. The minimum Gasteiger partial charge on any atom is -0.497 e. The monoisotopic (exact) mass is 543 g/mol. The number of thioether (sulfide) groups is 1. The third-order valence-corrected chi connectivity index (χ3v) is 7.87. The minimum absolute atomic E-state index is 0.149. The zero-order valence-electron chi connectivity index (χ0n) is 20.7. The Morgan fingerprint density at radius 3 is 2.34 bits per heavy atom. The maximum absolute atomic E-state index is 13.6. The maximum Gasteiger partial charge on any atom is 0.267 e. The van der Waals surface area contributed by atoms with Crippen molar-refractivity contribution in [3.8, 4) is 5.75 Å². The number of nitrogens with zero attached hydrogens (tertiary/aromatic N) is 2. The van der Waals surface area contributed by atoms with Crippen LogP contribution in [0.2, 0.25) is 0 Å². The third-order valence-electron chi connectivity index (χ3n) is 6.42. The van der Waals surface area contributed by atoms with Gasteiger partial charge < -0.3 is 10.1 Å². The van der Waals surface area contributed by atoms with Crippen LogP contribution in [0.15, 0.2) is 83.8 Å². The van der Waals surface area contributed by atoms with Gasteiger partial charge in [-0.05, 0) is 35.7 Å². The quantitative estimate of drug-likeness (QED) is 0.339. The second-order valence-corrected chi connectivity index (χ2v) is 10.4. The van der Waals surface area contributed by atoms with E-state index in [2.05, 4.69) is 5.32 Å². The molecule has 1 fully saturated rings. The molecule has 9 heteroatoms. The second kappa shape index (κ2) is 11.2. The number of ether oxygens (including phenoxy) is 1. The van der Waals surface area contributed by atoms with Gasteiger partial charge in [0.1, 0.15) is 16.6 Å². The number of fused-ring (bicyclic) bond motifs is 1. The average molecular weight is 544 g/mol. The van der Waals surface area contributed by atoms with Crippen molar-refractivity contribution < 1.29 is 19.1 Å². The maximum atomic E-state index is 13.6. The lowest BCUT2D eigenvalue weighted by Crippen LogP contribution is -2.38. The number of hydrogen-bond acceptors (Lipinski definition) is 6. The Balaban J connectivity index is 1.33. The summed E-state index contributed by atoms with van der Waals surface area (Å²) in [5.74, 6) is -0.190. The summed E-state index contributed by atoms with van der Waals surface area (Å²) in [7, 11) is 1.61. The summed E-state index contributed by atoms with van der Waals surface area (Å²) in [4.78, 5) is 43.1. The normalized spacial score (nSPS) is 16.7. The summed E-state index contributed by atoms with van der Waals surface area (Å²) in [5, 5.41) is 2.87. The number of anilines is 1. The van der Waals surface area contributed by atoms with E-state index in [-0.39, 0.29) is 24.3 Å². The van der Waals surface area contributed by atoms with E-state index in [0.29, 0.717) is 45.6 Å². The molecule has 0 bridgehead atoms. The number of para-hydroxylation sites is 1. The topological polar surface area (TPSA) is 79.0 Å². The molecule has 0 radical (unpaired) electrons. The molecule has 38 heavy (non-hydrogen) atoms. The largest absolute Gasteiger partial charge is 0.497 e. The van der Waals surface area contributed by atoms with E-state index in [1.807, 2.05) is 66.7 Å². The van der Waals surface area contributed by atoms with Crippen LogP contribution >= 0.6 is 24.0 Å². The molecule has 1 N–H and O–H groups in total. The zero-order chi connectivity index (χ0) is 26.6. The lowest BCUT2D eigenvalue weighted by Gasteiger charge is -2.17. The smallest absolute Gasteiger partial charge is 0.267 e. The van der Waals surface area contributed by atoms with Crippen molar-refractivity contribution in [2.24, 2.45) is 0 Å². The molecular formula is C29H25N3O4S2. The van der Waals surface area contributed by atoms with Crippen molar-refractivity contribution in [1.29, 1.82) is 0 Å². The van der Waals surface area contributed by atoms with Crippen molar-refractivity contribution in [1.82, 2.24) is 10.2 Å². The number of methoxy groups -OCH3 is 1. The Labute approximate surface area is 230 Å². The first kappa shape index (κ1) is 25.7. The van der Waals surface area contributed by atoms with E-state index in [1.165, 1.54) is 9.80 Å². The van der Waals surface area contributed by atoms with Crippen LogP contribution in [-0.2, 0) is 27.3 Å². The number of nitrogens with one attached hydrogen (secondary N) is 1. The van der Waals surface area contributed by atoms with E-state index in [1.54, 1.807) is 19.2 Å². The molecule has 0 aromatic heterocycles. The lowest BCUT2D eigenvalue weighted by atomic mass is 10.1. The van der Waals surface area contributed by atoms with Crippen molar-refractivity contribution in [2.45, 2.75) is 13.0 Å². The van der Waals surface area contributed by atoms with E-state index in [9.17, 15) is 14.4 Å². The van der Waals surface area contributed by atoms with Gasteiger partial charge in [-0.15, -0.1) is 0 Å². The number of carbonyl (C=O) groups is 3. The molecular weight excluding hydrogens is 518 g/mol. The minimum atomic E-state index is -0.378. The van der Waals surface area contributed by atoms with Gasteiger partial charge >= 0.3 is 0 Å². The molecule has 0 unspecified atom stereocenters. The van der Waals surface area contributed by atoms with Crippen molar-refractivity contribution in [3.05, 3.63) is 100 Å². The first-order chi connectivity index (χ1) is 18.5. The summed E-state index contributed by atoms with van der Waals surface area (Å²) in [6.07, 6.45) is 0.608. The molecule has 3 aromatic rings. The molecule has 2 aliphatic rings. The predicted octanol–water partition coefficient (Wildman–Crippen LogP) is 4.17. The van der Waals surface area contributed by atoms with Crippen LogP contribution in [0.1, 0.15) is 16.7 Å². The molecule has 7 nitrogen and oxygen atoms in total. The summed E-state index contributed by atoms with van der Waals surface area (Å²) in [6.45, 7) is 0.613. The molecule has 2 heterocycles. The second-order valence-electron chi connectivity index (χ2n) is 8.80. The fourth-order valence-electron chi connectivity index (χ4n) is 4.43. The number of amides is 3. The van der Waals surface area contributed by atoms with Gasteiger partial charge in [-0.2, -0.15) is 0 Å². The molecule has 5 rings (SSSR count). The Bertz CT molecular complexity index is 1440. The van der Waals surface area contributed by atoms with E-state index in [4.69, 9.17) is 17.0 Å². The molecule has 3 amide bonds. The Hall–Kier alpha value is -3.95. The van der Waals surface area contributed by atoms with Crippen LogP contribution in [-0.4, -0.2) is 47.1 Å². The van der Waals surface area contributed by atoms with Crippen molar-refractivity contribution >= 4 is 57.3 Å². The summed E-state index contributed by atoms with van der Waals surface area (Å²) in [5.41, 5.74) is 3.53. The van der Waals surface area contributed by atoms with E-state index in [0.717, 1.165) is 28.6 Å². The molecule has 192 valence electrons. The number of benzene rings is 3. The van der Waals surface area contributed by atoms with Gasteiger partial charge in [0.05, 0.1) is 23.3 Å². The highest BCUT2D eigenvalue weighted by Crippen LogP contribution is 2.44. The first-order valence-corrected chi connectivity index (χ1v) is 13.3. The van der Waals surface area contributed by atoms with Gasteiger partial charge in [0, 0.05) is 18.7 Å². The van der Waals surface area contributed by atoms with Crippen LogP contribution in [0.3, 0.4) is 0 Å². The SMILES string of the molecule is COc1ccc(CCN2C(=O)/C(=C3/C(=O)N(CC(=O)NCc4ccccc4)c4ccccc43)SC2=S)cc1. The number of carbonyl (C=O) groups excluding carboxylic acids is 3. The Morgan fingerprint density at radius 1 is 0.895 bits per heavy atom. The van der Waals surface area contributed by atoms with Gasteiger partial charge in [-0.1, -0.05) is 84.6 Å². The molecule has 0 atom stereocenters. The van der Waals surface area contributed by atoms with Crippen molar-refractivity contribution in [3.63, 3.8) is 0 Å². The molecule has 0 aliphatic carbocycles. The average Bonchev–Trinajstić information content (AvgIpc) is 3.38. The highest BCUT2D eigenvalue weighted by Gasteiger charge is 2.42. The van der Waals surface area contributed by atoms with Crippen LogP contribution < -0.4 is 15.0 Å². The van der Waals surface area contributed by atoms with Gasteiger partial charge in [0.25, 0.3) is 11.8 Å². The third kappa shape index (κ3) is 5.20. The fourth-order valence-corrected chi connectivity index (χ4v) is 5.81. The highest BCUT2D eigenvalue weighted by atomic mass is 32.2. The summed E-state index contributed by atoms with van der Waals surface area (Å²) < 4.78 is 5.61. The number of hydrogen-bond donors (Lipinski definition) is 1. The molecule has 1 saturated heterocycles. The van der Waals surface area contributed by atoms with Crippen LogP contribution in [0.4, 0.5) is 5.69 Å². The molecule has 3 aromatic carbocycles. The van der Waals surface area contributed by atoms with Crippen LogP contribution in [0, 0.1) is 0 Å². The number of thiocarbonyl (C=S) groups is 1. The van der Waals surface area contributed by atoms with Gasteiger partial charge in [0.15, 0.2) is 0 Å². The lowest BCUT2D eigenvalue weighted by molar-refractivity contribution is -0.122. The van der Waals surface area contributed by atoms with Gasteiger partial charge in [-0.3, -0.25) is 24.2 Å². The predicted molar refractivity (Wildman–Crippen MR) is 153 cm³/mol. The van der Waals surface area contributed by atoms with E-state index >= 15 is 0 Å². The molecule has 2 aliphatic heterocycles. The van der Waals surface area contributed by atoms with Crippen molar-refractivity contribution in [2.75, 3.05) is 25.1 Å². The zero-order valence-corrected chi connectivity index (χ0v) is 22.3. The standard InChI is InChI=1S/C29H25N3O4S2/c1-36-21-13-11-19(12-14-21)15-16-31-28(35)26(38-29(31)37)25-22-9-5-6-10-23(22)32(27(25)34)18-24(33)30-17-20-7-3-2-4-8-20/h2-14H,15-18H2,1H3,(H,30,33)/b26-25-. The fraction of sp³-hybridized carbons (Fsp3) is 0.172. The number of rotatable bonds is 8. The summed E-state index contributed by atoms with van der Waals surface area (Å²) >= 11 is 6.66. The Kier molecular flexibility index (Phi) is 7.57. The van der Waals surface area contributed by atoms with Gasteiger partial charge in [-0.25, -0.2) is 0 Å². The Morgan fingerprint density at radius 2 is 1.61 bits per heavy atom. The summed E-state index contributed by atoms with van der Waals surface area (Å²) in [6, 6.07) is 24.4. The van der Waals surface area contributed by atoms with Crippen LogP contribution in [0.25, 0.3) is 5.57 Å². The van der Waals surface area contributed by atoms with E-state index < -0.39 is 0 Å². The van der Waals surface area contributed by atoms with Crippen LogP contribution in [0.5, 0.6) is 5.75 Å². The first-order valence-electron chi connectivity index (χ1n) is 12.1. The molecule has 0 saturated carbocycles. The van der Waals surface area contributed by atoms with Gasteiger partial charge in [0.2, 0.25) is 5.91 Å². The molecule has 0 spiro atoms.